The van der Waals surface area contributed by atoms with Crippen molar-refractivity contribution in [1.29, 1.82) is 0 Å². The Hall–Kier alpha value is -2.38. The first-order chi connectivity index (χ1) is 11.6. The first-order valence-corrected chi connectivity index (χ1v) is 9.22. The predicted molar refractivity (Wildman–Crippen MR) is 103 cm³/mol. The number of benzene rings is 2. The molecule has 2 aromatic heterocycles. The van der Waals surface area contributed by atoms with E-state index in [4.69, 9.17) is 15.5 Å². The van der Waals surface area contributed by atoms with Crippen molar-refractivity contribution in [3.63, 3.8) is 0 Å². The molecule has 0 fully saturated rings. The predicted octanol–water partition coefficient (Wildman–Crippen LogP) is 5.02. The quantitative estimate of drug-likeness (QED) is 0.537. The summed E-state index contributed by atoms with van der Waals surface area (Å²) in [4.78, 5) is 9.06. The third-order valence-corrected chi connectivity index (χ3v) is 5.27. The molecular weight excluding hydrogens is 340 g/mol. The van der Waals surface area contributed by atoms with E-state index >= 15 is 0 Å². The zero-order chi connectivity index (χ0) is 16.7. The largest absolute Gasteiger partial charge is 0.489 e. The highest BCUT2D eigenvalue weighted by Crippen LogP contribution is 2.37. The lowest BCUT2D eigenvalue weighted by atomic mass is 10.3. The van der Waals surface area contributed by atoms with Gasteiger partial charge >= 0.3 is 0 Å². The highest BCUT2D eigenvalue weighted by Gasteiger charge is 2.12. The van der Waals surface area contributed by atoms with E-state index in [0.717, 1.165) is 37.0 Å². The number of hydrogen-bond acceptors (Lipinski definition) is 7. The molecule has 0 aliphatic rings. The van der Waals surface area contributed by atoms with Crippen LogP contribution >= 0.6 is 22.7 Å². The minimum Gasteiger partial charge on any atom is -0.489 e. The summed E-state index contributed by atoms with van der Waals surface area (Å²) in [7, 11) is 0. The lowest BCUT2D eigenvalue weighted by molar-refractivity contribution is 0.244. The molecule has 0 atom stereocenters. The van der Waals surface area contributed by atoms with Gasteiger partial charge in [0.2, 0.25) is 0 Å². The van der Waals surface area contributed by atoms with Gasteiger partial charge in [0, 0.05) is 0 Å². The van der Waals surface area contributed by atoms with Crippen molar-refractivity contribution in [3.05, 3.63) is 36.4 Å². The second-order valence-corrected chi connectivity index (χ2v) is 7.68. The number of nitrogens with zero attached hydrogens (tertiary/aromatic N) is 2. The molecule has 0 aliphatic heterocycles. The molecule has 0 spiro atoms. The molecule has 0 amide bonds. The lowest BCUT2D eigenvalue weighted by Gasteiger charge is -2.14. The van der Waals surface area contributed by atoms with Gasteiger partial charge in [-0.25, -0.2) is 9.97 Å². The topological polar surface area (TPSA) is 73.1 Å². The van der Waals surface area contributed by atoms with Crippen LogP contribution < -0.4 is 15.8 Å². The van der Waals surface area contributed by atoms with Crippen LogP contribution in [0.2, 0.25) is 0 Å². The zero-order valence-corrected chi connectivity index (χ0v) is 14.9. The molecule has 5 nitrogen and oxygen atoms in total. The lowest BCUT2D eigenvalue weighted by Crippen LogP contribution is -2.07. The summed E-state index contributed by atoms with van der Waals surface area (Å²) < 4.78 is 7.99. The van der Waals surface area contributed by atoms with E-state index in [1.54, 1.807) is 11.3 Å². The average molecular weight is 356 g/mol. The number of aromatic nitrogens is 2. The maximum atomic E-state index is 5.86. The number of para-hydroxylation sites is 2. The fraction of sp³-hybridized carbons (Fsp3) is 0.176. The van der Waals surface area contributed by atoms with E-state index in [-0.39, 0.29) is 6.10 Å². The fourth-order valence-corrected chi connectivity index (χ4v) is 4.26. The van der Waals surface area contributed by atoms with Crippen molar-refractivity contribution in [3.8, 4) is 5.75 Å². The fourth-order valence-electron chi connectivity index (χ4n) is 2.49. The van der Waals surface area contributed by atoms with E-state index in [1.165, 1.54) is 11.3 Å². The second-order valence-electron chi connectivity index (χ2n) is 5.62. The molecule has 0 saturated carbocycles. The number of nitrogen functional groups attached to an aromatic ring is 1. The Bertz CT molecular complexity index is 1020. The molecule has 0 unspecified atom stereocenters. The number of hydrogen-bond donors (Lipinski definition) is 2. The van der Waals surface area contributed by atoms with Crippen LogP contribution in [0.1, 0.15) is 13.8 Å². The standard InChI is InChI=1S/C17H16N4OS2/c1-9(2)22-12-6-4-3-5-10(12)20-17-21-14-13(23-17)8-7-11-15(14)24-16(18)19-11/h3-9H,1-2H3,(H2,18,19)(H,20,21). The highest BCUT2D eigenvalue weighted by molar-refractivity contribution is 7.25. The highest BCUT2D eigenvalue weighted by atomic mass is 32.1. The van der Waals surface area contributed by atoms with Gasteiger partial charge < -0.3 is 15.8 Å². The molecule has 24 heavy (non-hydrogen) atoms. The molecule has 122 valence electrons. The molecule has 4 aromatic rings. The molecule has 7 heteroatoms. The smallest absolute Gasteiger partial charge is 0.188 e. The van der Waals surface area contributed by atoms with Crippen LogP contribution in [0.25, 0.3) is 20.4 Å². The molecule has 3 N–H and O–H groups in total. The maximum absolute atomic E-state index is 5.86. The third kappa shape index (κ3) is 2.76. The number of ether oxygens (including phenoxy) is 1. The van der Waals surface area contributed by atoms with Gasteiger partial charge in [0.15, 0.2) is 10.3 Å². The Balaban J connectivity index is 1.74. The van der Waals surface area contributed by atoms with Crippen LogP contribution in [0.4, 0.5) is 16.0 Å². The van der Waals surface area contributed by atoms with Crippen LogP contribution in [-0.2, 0) is 0 Å². The van der Waals surface area contributed by atoms with Gasteiger partial charge in [-0.3, -0.25) is 0 Å². The molecule has 0 aliphatic carbocycles. The Labute approximate surface area is 147 Å². The molecule has 0 radical (unpaired) electrons. The number of rotatable bonds is 4. The molecule has 4 rings (SSSR count). The van der Waals surface area contributed by atoms with E-state index < -0.39 is 0 Å². The van der Waals surface area contributed by atoms with Gasteiger partial charge in [0.1, 0.15) is 11.3 Å². The Morgan fingerprint density at radius 1 is 1.08 bits per heavy atom. The molecule has 0 saturated heterocycles. The van der Waals surface area contributed by atoms with E-state index in [1.807, 2.05) is 50.2 Å². The van der Waals surface area contributed by atoms with Crippen LogP contribution in [-0.4, -0.2) is 16.1 Å². The second kappa shape index (κ2) is 5.92. The average Bonchev–Trinajstić information content (AvgIpc) is 3.10. The van der Waals surface area contributed by atoms with Gasteiger partial charge in [-0.2, -0.15) is 0 Å². The summed E-state index contributed by atoms with van der Waals surface area (Å²) >= 11 is 3.08. The van der Waals surface area contributed by atoms with E-state index in [2.05, 4.69) is 10.3 Å². The summed E-state index contributed by atoms with van der Waals surface area (Å²) in [5.41, 5.74) is 8.57. The normalized spacial score (nSPS) is 11.5. The molecule has 0 bridgehead atoms. The molecule has 2 heterocycles. The first-order valence-electron chi connectivity index (χ1n) is 7.58. The summed E-state index contributed by atoms with van der Waals surface area (Å²) in [6, 6.07) is 11.9. The third-order valence-electron chi connectivity index (χ3n) is 3.42. The van der Waals surface area contributed by atoms with Crippen LogP contribution in [0, 0.1) is 0 Å². The van der Waals surface area contributed by atoms with Crippen molar-refractivity contribution < 1.29 is 4.74 Å². The van der Waals surface area contributed by atoms with Crippen molar-refractivity contribution in [2.75, 3.05) is 11.1 Å². The summed E-state index contributed by atoms with van der Waals surface area (Å²) in [5, 5.41) is 4.76. The zero-order valence-electron chi connectivity index (χ0n) is 13.2. The summed E-state index contributed by atoms with van der Waals surface area (Å²) in [6.07, 6.45) is 0.114. The number of nitrogens with one attached hydrogen (secondary N) is 1. The SMILES string of the molecule is CC(C)Oc1ccccc1Nc1nc2c(ccc3nc(N)sc32)s1. The van der Waals surface area contributed by atoms with Crippen LogP contribution in [0.5, 0.6) is 5.75 Å². The number of anilines is 3. The number of fused-ring (bicyclic) bond motifs is 3. The van der Waals surface area contributed by atoms with Gasteiger partial charge in [-0.05, 0) is 38.1 Å². The minimum atomic E-state index is 0.114. The van der Waals surface area contributed by atoms with E-state index in [9.17, 15) is 0 Å². The van der Waals surface area contributed by atoms with Gasteiger partial charge in [-0.1, -0.05) is 34.8 Å². The van der Waals surface area contributed by atoms with Gasteiger partial charge in [-0.15, -0.1) is 0 Å². The van der Waals surface area contributed by atoms with Crippen molar-refractivity contribution in [2.24, 2.45) is 0 Å². The van der Waals surface area contributed by atoms with Crippen LogP contribution in [0.15, 0.2) is 36.4 Å². The maximum Gasteiger partial charge on any atom is 0.188 e. The molecular formula is C17H16N4OS2. The van der Waals surface area contributed by atoms with Crippen molar-refractivity contribution in [2.45, 2.75) is 20.0 Å². The monoisotopic (exact) mass is 356 g/mol. The molecule has 2 aromatic carbocycles. The van der Waals surface area contributed by atoms with E-state index in [0.29, 0.717) is 5.13 Å². The van der Waals surface area contributed by atoms with Crippen molar-refractivity contribution >= 4 is 59.1 Å². The van der Waals surface area contributed by atoms with Gasteiger partial charge in [0.25, 0.3) is 0 Å². The summed E-state index contributed by atoms with van der Waals surface area (Å²) in [6.45, 7) is 4.03. The van der Waals surface area contributed by atoms with Crippen molar-refractivity contribution in [1.82, 2.24) is 9.97 Å². The minimum absolute atomic E-state index is 0.114. The Morgan fingerprint density at radius 2 is 1.92 bits per heavy atom. The Kier molecular flexibility index (Phi) is 3.74. The van der Waals surface area contributed by atoms with Gasteiger partial charge in [0.05, 0.1) is 26.7 Å². The number of nitrogens with two attached hydrogens (primary N) is 1. The summed E-state index contributed by atoms with van der Waals surface area (Å²) in [5.74, 6) is 0.818. The first kappa shape index (κ1) is 15.2. The van der Waals surface area contributed by atoms with Crippen LogP contribution in [0.3, 0.4) is 0 Å². The Morgan fingerprint density at radius 3 is 2.75 bits per heavy atom. The number of thiazole rings is 2.